The van der Waals surface area contributed by atoms with Crippen LogP contribution in [0.1, 0.15) is 44.1 Å². The Morgan fingerprint density at radius 3 is 2.55 bits per heavy atom. The third-order valence-corrected chi connectivity index (χ3v) is 7.65. The maximum Gasteiger partial charge on any atom is 0.252 e. The Morgan fingerprint density at radius 2 is 1.82 bits per heavy atom. The predicted molar refractivity (Wildman–Crippen MR) is 128 cm³/mol. The third kappa shape index (κ3) is 3.78. The molecule has 0 saturated carbocycles. The number of nitrogens with zero attached hydrogens (tertiary/aromatic N) is 2. The second kappa shape index (κ2) is 8.45. The van der Waals surface area contributed by atoms with E-state index in [0.29, 0.717) is 0 Å². The highest BCUT2D eigenvalue weighted by Crippen LogP contribution is 2.39. The summed E-state index contributed by atoms with van der Waals surface area (Å²) in [5.74, 6) is 1.11. The lowest BCUT2D eigenvalue weighted by Crippen LogP contribution is -2.52. The highest BCUT2D eigenvalue weighted by molar-refractivity contribution is 5.88. The first kappa shape index (κ1) is 20.7. The molecule has 3 aromatic rings. The second-order valence-electron chi connectivity index (χ2n) is 9.68. The van der Waals surface area contributed by atoms with Crippen LogP contribution >= 0.6 is 0 Å². The molecular weight excluding hydrogens is 412 g/mol. The van der Waals surface area contributed by atoms with Crippen LogP contribution in [0.2, 0.25) is 0 Å². The van der Waals surface area contributed by atoms with Crippen LogP contribution in [0.4, 0.5) is 0 Å². The minimum Gasteiger partial charge on any atom is -0.490 e. The number of carbonyl (C=O) groups is 1. The summed E-state index contributed by atoms with van der Waals surface area (Å²) in [5.41, 5.74) is 4.62. The standard InChI is InChI=1S/C28H30N2O3/c1-18-25(13-8-20-4-2-14-29-27(18)20)19-6-11-23(12-7-19)33-24-16-21-9-10-22(17-24)30(21)28(31)26-5-3-15-32-26/h2,4,6-8,11-14,21-22,24,26H,3,5,9-10,15-17H2,1H3/t21-,22+,24-,26-/m1/s1. The van der Waals surface area contributed by atoms with Gasteiger partial charge in [-0.15, -0.1) is 0 Å². The summed E-state index contributed by atoms with van der Waals surface area (Å²) in [6, 6.07) is 17.4. The summed E-state index contributed by atoms with van der Waals surface area (Å²) in [6.45, 7) is 2.85. The van der Waals surface area contributed by atoms with Crippen molar-refractivity contribution in [1.29, 1.82) is 0 Å². The number of piperidine rings is 1. The van der Waals surface area contributed by atoms with E-state index in [-0.39, 0.29) is 30.2 Å². The number of hydrogen-bond acceptors (Lipinski definition) is 4. The van der Waals surface area contributed by atoms with Gasteiger partial charge in [-0.3, -0.25) is 9.78 Å². The van der Waals surface area contributed by atoms with Crippen molar-refractivity contribution in [1.82, 2.24) is 9.88 Å². The molecule has 2 bridgehead atoms. The Morgan fingerprint density at radius 1 is 1.03 bits per heavy atom. The van der Waals surface area contributed by atoms with Gasteiger partial charge >= 0.3 is 0 Å². The molecule has 33 heavy (non-hydrogen) atoms. The number of amides is 1. The highest BCUT2D eigenvalue weighted by atomic mass is 16.5. The van der Waals surface area contributed by atoms with Gasteiger partial charge < -0.3 is 14.4 Å². The Kier molecular flexibility index (Phi) is 5.30. The lowest BCUT2D eigenvalue weighted by Gasteiger charge is -2.39. The van der Waals surface area contributed by atoms with Crippen LogP contribution < -0.4 is 4.74 Å². The van der Waals surface area contributed by atoms with E-state index in [0.717, 1.165) is 61.8 Å². The topological polar surface area (TPSA) is 51.7 Å². The fraction of sp³-hybridized carbons (Fsp3) is 0.429. The van der Waals surface area contributed by atoms with Crippen molar-refractivity contribution in [3.8, 4) is 16.9 Å². The molecule has 1 aromatic heterocycles. The van der Waals surface area contributed by atoms with Gasteiger partial charge in [-0.25, -0.2) is 0 Å². The van der Waals surface area contributed by atoms with Gasteiger partial charge in [-0.2, -0.15) is 0 Å². The predicted octanol–water partition coefficient (Wildman–Crippen LogP) is 5.29. The van der Waals surface area contributed by atoms with Crippen molar-refractivity contribution in [2.24, 2.45) is 0 Å². The van der Waals surface area contributed by atoms with Gasteiger partial charge in [0.25, 0.3) is 5.91 Å². The molecule has 1 amide bonds. The van der Waals surface area contributed by atoms with Gasteiger partial charge in [0.05, 0.1) is 5.52 Å². The average molecular weight is 443 g/mol. The quantitative estimate of drug-likeness (QED) is 0.551. The SMILES string of the molecule is Cc1c(-c2ccc(O[C@@H]3C[C@H]4CC[C@@H](C3)N4C(=O)[C@H]3CCCO3)cc2)ccc2cccnc12. The Hall–Kier alpha value is -2.92. The summed E-state index contributed by atoms with van der Waals surface area (Å²) < 4.78 is 12.1. The zero-order valence-corrected chi connectivity index (χ0v) is 19.1. The van der Waals surface area contributed by atoms with Gasteiger partial charge in [0, 0.05) is 43.1 Å². The molecular formula is C28H30N2O3. The number of hydrogen-bond donors (Lipinski definition) is 0. The molecule has 0 unspecified atom stereocenters. The summed E-state index contributed by atoms with van der Waals surface area (Å²) in [5, 5.41) is 1.16. The number of benzene rings is 2. The fourth-order valence-corrected chi connectivity index (χ4v) is 6.03. The molecule has 4 atom stereocenters. The Labute approximate surface area is 194 Å². The first-order valence-corrected chi connectivity index (χ1v) is 12.2. The largest absolute Gasteiger partial charge is 0.490 e. The second-order valence-corrected chi connectivity index (χ2v) is 9.68. The maximum absolute atomic E-state index is 13.0. The van der Waals surface area contributed by atoms with E-state index in [1.807, 2.05) is 12.3 Å². The molecule has 0 aliphatic carbocycles. The van der Waals surface area contributed by atoms with Crippen molar-refractivity contribution < 1.29 is 14.3 Å². The van der Waals surface area contributed by atoms with Crippen molar-refractivity contribution >= 4 is 16.8 Å². The number of aryl methyl sites for hydroxylation is 1. The van der Waals surface area contributed by atoms with E-state index in [4.69, 9.17) is 9.47 Å². The van der Waals surface area contributed by atoms with Crippen LogP contribution in [0.5, 0.6) is 5.75 Å². The van der Waals surface area contributed by atoms with E-state index in [1.54, 1.807) is 0 Å². The number of rotatable bonds is 4. The fourth-order valence-electron chi connectivity index (χ4n) is 6.03. The van der Waals surface area contributed by atoms with Crippen LogP contribution in [0.25, 0.3) is 22.0 Å². The maximum atomic E-state index is 13.0. The molecule has 6 rings (SSSR count). The molecule has 5 nitrogen and oxygen atoms in total. The van der Waals surface area contributed by atoms with Gasteiger partial charge in [0.1, 0.15) is 18.0 Å². The number of pyridine rings is 1. The monoisotopic (exact) mass is 442 g/mol. The smallest absolute Gasteiger partial charge is 0.252 e. The molecule has 3 fully saturated rings. The number of fused-ring (bicyclic) bond motifs is 3. The minimum atomic E-state index is -0.216. The summed E-state index contributed by atoms with van der Waals surface area (Å²) in [4.78, 5) is 19.7. The molecule has 3 saturated heterocycles. The Balaban J connectivity index is 1.14. The van der Waals surface area contributed by atoms with E-state index in [2.05, 4.69) is 59.3 Å². The highest BCUT2D eigenvalue weighted by Gasteiger charge is 2.46. The van der Waals surface area contributed by atoms with E-state index < -0.39 is 0 Å². The Bertz CT molecular complexity index is 1160. The van der Waals surface area contributed by atoms with Crippen molar-refractivity contribution in [2.75, 3.05) is 6.61 Å². The molecule has 0 spiro atoms. The van der Waals surface area contributed by atoms with Crippen LogP contribution in [0.15, 0.2) is 54.7 Å². The summed E-state index contributed by atoms with van der Waals surface area (Å²) >= 11 is 0. The molecule has 3 aliphatic heterocycles. The molecule has 2 aromatic carbocycles. The first-order valence-electron chi connectivity index (χ1n) is 12.2. The zero-order chi connectivity index (χ0) is 22.4. The van der Waals surface area contributed by atoms with E-state index in [1.165, 1.54) is 16.7 Å². The van der Waals surface area contributed by atoms with Gasteiger partial charge in [-0.05, 0) is 67.5 Å². The lowest BCUT2D eigenvalue weighted by molar-refractivity contribution is -0.147. The van der Waals surface area contributed by atoms with Gasteiger partial charge in [-0.1, -0.05) is 30.3 Å². The van der Waals surface area contributed by atoms with Crippen LogP contribution in [0, 0.1) is 6.92 Å². The normalized spacial score (nSPS) is 26.6. The minimum absolute atomic E-state index is 0.161. The number of ether oxygens (including phenoxy) is 2. The first-order chi connectivity index (χ1) is 16.2. The molecule has 170 valence electrons. The molecule has 5 heteroatoms. The van der Waals surface area contributed by atoms with E-state index in [9.17, 15) is 4.79 Å². The molecule has 0 N–H and O–H groups in total. The lowest BCUT2D eigenvalue weighted by atomic mass is 9.97. The van der Waals surface area contributed by atoms with Crippen molar-refractivity contribution in [3.05, 3.63) is 60.3 Å². The third-order valence-electron chi connectivity index (χ3n) is 7.65. The number of aromatic nitrogens is 1. The van der Waals surface area contributed by atoms with Crippen LogP contribution in [-0.4, -0.2) is 46.7 Å². The molecule has 4 heterocycles. The van der Waals surface area contributed by atoms with E-state index >= 15 is 0 Å². The van der Waals surface area contributed by atoms with Crippen molar-refractivity contribution in [2.45, 2.75) is 69.7 Å². The summed E-state index contributed by atoms with van der Waals surface area (Å²) in [7, 11) is 0. The zero-order valence-electron chi connectivity index (χ0n) is 19.1. The van der Waals surface area contributed by atoms with Crippen LogP contribution in [-0.2, 0) is 9.53 Å². The van der Waals surface area contributed by atoms with Gasteiger partial charge in [0.15, 0.2) is 0 Å². The molecule has 3 aliphatic rings. The molecule has 0 radical (unpaired) electrons. The number of carbonyl (C=O) groups excluding carboxylic acids is 1. The van der Waals surface area contributed by atoms with Gasteiger partial charge in [0.2, 0.25) is 0 Å². The average Bonchev–Trinajstić information content (AvgIpc) is 3.47. The summed E-state index contributed by atoms with van der Waals surface area (Å²) in [6.07, 6.45) is 7.64. The van der Waals surface area contributed by atoms with Crippen molar-refractivity contribution in [3.63, 3.8) is 0 Å². The van der Waals surface area contributed by atoms with Crippen LogP contribution in [0.3, 0.4) is 0 Å².